The first-order valence-electron chi connectivity index (χ1n) is 10.3. The number of ether oxygens (including phenoxy) is 1. The van der Waals surface area contributed by atoms with Crippen molar-refractivity contribution < 1.29 is 14.3 Å². The number of hydrogen-bond acceptors (Lipinski definition) is 6. The van der Waals surface area contributed by atoms with Crippen molar-refractivity contribution >= 4 is 29.0 Å². The molecule has 1 saturated heterocycles. The molecule has 0 unspecified atom stereocenters. The maximum Gasteiger partial charge on any atom is 0.309 e. The smallest absolute Gasteiger partial charge is 0.309 e. The van der Waals surface area contributed by atoms with Gasteiger partial charge in [-0.05, 0) is 68.7 Å². The monoisotopic (exact) mass is 413 g/mol. The minimum absolute atomic E-state index is 0.0589. The fourth-order valence-corrected chi connectivity index (χ4v) is 4.52. The van der Waals surface area contributed by atoms with E-state index in [0.717, 1.165) is 23.4 Å². The van der Waals surface area contributed by atoms with Crippen LogP contribution in [0.15, 0.2) is 23.6 Å². The summed E-state index contributed by atoms with van der Waals surface area (Å²) in [6.07, 6.45) is 3.52. The molecular weight excluding hydrogens is 386 g/mol. The normalized spacial score (nSPS) is 17.2. The summed E-state index contributed by atoms with van der Waals surface area (Å²) >= 11 is 1.66. The summed E-state index contributed by atoms with van der Waals surface area (Å²) in [5.41, 5.74) is 2.70. The van der Waals surface area contributed by atoms with Gasteiger partial charge in [0, 0.05) is 19.1 Å². The number of hydrogen-bond donors (Lipinski definition) is 1. The summed E-state index contributed by atoms with van der Waals surface area (Å²) in [6.45, 7) is 5.69. The van der Waals surface area contributed by atoms with Crippen LogP contribution in [0.1, 0.15) is 48.5 Å². The maximum atomic E-state index is 12.8. The first-order valence-corrected chi connectivity index (χ1v) is 11.2. The lowest BCUT2D eigenvalue weighted by Crippen LogP contribution is -2.39. The quantitative estimate of drug-likeness (QED) is 0.730. The van der Waals surface area contributed by atoms with E-state index in [0.29, 0.717) is 50.0 Å². The lowest BCUT2D eigenvalue weighted by Gasteiger charge is -2.33. The molecule has 6 nitrogen and oxygen atoms in total. The Hall–Kier alpha value is -2.41. The van der Waals surface area contributed by atoms with Crippen molar-refractivity contribution in [1.82, 2.24) is 10.3 Å². The van der Waals surface area contributed by atoms with Gasteiger partial charge < -0.3 is 15.0 Å². The minimum atomic E-state index is -0.116. The second-order valence-electron chi connectivity index (χ2n) is 7.82. The van der Waals surface area contributed by atoms with E-state index in [1.54, 1.807) is 11.3 Å². The van der Waals surface area contributed by atoms with E-state index in [2.05, 4.69) is 28.6 Å². The lowest BCUT2D eigenvalue weighted by molar-refractivity contribution is -0.148. The molecule has 0 aromatic carbocycles. The number of rotatable bonds is 6. The predicted octanol–water partition coefficient (Wildman–Crippen LogP) is 3.79. The highest BCUT2D eigenvalue weighted by atomic mass is 32.1. The van der Waals surface area contributed by atoms with Crippen molar-refractivity contribution in [2.45, 2.75) is 45.6 Å². The second-order valence-corrected chi connectivity index (χ2v) is 8.73. The van der Waals surface area contributed by atoms with Crippen LogP contribution < -0.4 is 10.2 Å². The Kier molecular flexibility index (Phi) is 5.85. The molecule has 2 aliphatic rings. The number of amides is 1. The molecule has 0 spiro atoms. The first kappa shape index (κ1) is 19.9. The van der Waals surface area contributed by atoms with Gasteiger partial charge >= 0.3 is 5.97 Å². The average Bonchev–Trinajstić information content (AvgIpc) is 3.44. The van der Waals surface area contributed by atoms with Gasteiger partial charge in [-0.25, -0.2) is 4.98 Å². The predicted molar refractivity (Wildman–Crippen MR) is 114 cm³/mol. The fraction of sp³-hybridized carbons (Fsp3) is 0.500. The number of anilines is 1. The van der Waals surface area contributed by atoms with Crippen molar-refractivity contribution in [1.29, 1.82) is 0 Å². The molecular formula is C22H27N3O3S. The summed E-state index contributed by atoms with van der Waals surface area (Å²) in [6, 6.07) is 6.24. The van der Waals surface area contributed by atoms with Gasteiger partial charge in [0.1, 0.15) is 5.82 Å². The summed E-state index contributed by atoms with van der Waals surface area (Å²) in [4.78, 5) is 33.0. The van der Waals surface area contributed by atoms with E-state index in [4.69, 9.17) is 9.72 Å². The van der Waals surface area contributed by atoms with Crippen LogP contribution in [0.4, 0.5) is 5.82 Å². The van der Waals surface area contributed by atoms with Gasteiger partial charge in [0.05, 0.1) is 28.7 Å². The van der Waals surface area contributed by atoms with Crippen LogP contribution in [0, 0.1) is 12.8 Å². The van der Waals surface area contributed by atoms with E-state index in [9.17, 15) is 9.59 Å². The van der Waals surface area contributed by atoms with Gasteiger partial charge in [0.25, 0.3) is 5.91 Å². The Morgan fingerprint density at radius 2 is 2.00 bits per heavy atom. The van der Waals surface area contributed by atoms with Crippen LogP contribution in [-0.2, 0) is 9.53 Å². The summed E-state index contributed by atoms with van der Waals surface area (Å²) in [5.74, 6) is 0.470. The zero-order valence-electron chi connectivity index (χ0n) is 16.9. The molecule has 1 N–H and O–H groups in total. The molecule has 0 bridgehead atoms. The molecule has 1 aliphatic carbocycles. The highest BCUT2D eigenvalue weighted by Crippen LogP contribution is 2.32. The van der Waals surface area contributed by atoms with Crippen molar-refractivity contribution in [3.63, 3.8) is 0 Å². The summed E-state index contributed by atoms with van der Waals surface area (Å²) < 4.78 is 5.18. The Balaban J connectivity index is 1.58. The van der Waals surface area contributed by atoms with Crippen LogP contribution in [-0.4, -0.2) is 42.6 Å². The number of pyridine rings is 1. The molecule has 7 heteroatoms. The molecule has 1 saturated carbocycles. The van der Waals surface area contributed by atoms with Gasteiger partial charge in [-0.1, -0.05) is 0 Å². The molecule has 154 valence electrons. The van der Waals surface area contributed by atoms with Crippen molar-refractivity contribution in [3.8, 4) is 10.6 Å². The Morgan fingerprint density at radius 3 is 2.62 bits per heavy atom. The topological polar surface area (TPSA) is 71.5 Å². The third-order valence-corrected chi connectivity index (χ3v) is 6.50. The number of carbonyl (C=O) groups is 2. The molecule has 3 heterocycles. The molecule has 2 aromatic heterocycles. The second kappa shape index (κ2) is 8.53. The zero-order chi connectivity index (χ0) is 20.4. The van der Waals surface area contributed by atoms with Crippen LogP contribution in [0.25, 0.3) is 10.6 Å². The molecule has 2 aromatic rings. The van der Waals surface area contributed by atoms with Gasteiger partial charge in [-0.2, -0.15) is 0 Å². The van der Waals surface area contributed by atoms with E-state index in [1.165, 1.54) is 5.56 Å². The Labute approximate surface area is 175 Å². The standard InChI is InChI=1S/C22H27N3O3S/c1-3-28-22(27)15-8-10-25(11-9-15)20-17(21(26)23-16-4-5-16)6-7-18(24-20)19-12-14(2)13-29-19/h6-7,12-13,15-16H,3-5,8-11H2,1-2H3,(H,23,26). The van der Waals surface area contributed by atoms with Gasteiger partial charge in [-0.15, -0.1) is 11.3 Å². The van der Waals surface area contributed by atoms with Crippen molar-refractivity contribution in [2.75, 3.05) is 24.6 Å². The van der Waals surface area contributed by atoms with Crippen molar-refractivity contribution in [2.24, 2.45) is 5.92 Å². The highest BCUT2D eigenvalue weighted by molar-refractivity contribution is 7.13. The third kappa shape index (κ3) is 4.61. The maximum absolute atomic E-state index is 12.8. The first-order chi connectivity index (χ1) is 14.0. The Morgan fingerprint density at radius 1 is 1.24 bits per heavy atom. The van der Waals surface area contributed by atoms with Crippen LogP contribution >= 0.6 is 11.3 Å². The molecule has 0 radical (unpaired) electrons. The largest absolute Gasteiger partial charge is 0.466 e. The van der Waals surface area contributed by atoms with Gasteiger partial charge in [0.2, 0.25) is 0 Å². The molecule has 1 aliphatic heterocycles. The van der Waals surface area contributed by atoms with Crippen LogP contribution in [0.2, 0.25) is 0 Å². The third-order valence-electron chi connectivity index (χ3n) is 5.43. The van der Waals surface area contributed by atoms with E-state index < -0.39 is 0 Å². The number of carbonyl (C=O) groups excluding carboxylic acids is 2. The molecule has 4 rings (SSSR count). The fourth-order valence-electron chi connectivity index (χ4n) is 3.65. The van der Waals surface area contributed by atoms with Gasteiger partial charge in [-0.3, -0.25) is 9.59 Å². The zero-order valence-corrected chi connectivity index (χ0v) is 17.8. The van der Waals surface area contributed by atoms with Gasteiger partial charge in [0.15, 0.2) is 0 Å². The molecule has 2 fully saturated rings. The average molecular weight is 414 g/mol. The SMILES string of the molecule is CCOC(=O)C1CCN(c2nc(-c3cc(C)cs3)ccc2C(=O)NC2CC2)CC1. The van der Waals surface area contributed by atoms with Crippen LogP contribution in [0.5, 0.6) is 0 Å². The van der Waals surface area contributed by atoms with Crippen molar-refractivity contribution in [3.05, 3.63) is 34.7 Å². The number of aryl methyl sites for hydroxylation is 1. The van der Waals surface area contributed by atoms with E-state index in [-0.39, 0.29) is 17.8 Å². The highest BCUT2D eigenvalue weighted by Gasteiger charge is 2.30. The summed E-state index contributed by atoms with van der Waals surface area (Å²) in [7, 11) is 0. The van der Waals surface area contributed by atoms with E-state index >= 15 is 0 Å². The van der Waals surface area contributed by atoms with E-state index in [1.807, 2.05) is 19.1 Å². The lowest BCUT2D eigenvalue weighted by atomic mass is 9.96. The molecule has 29 heavy (non-hydrogen) atoms. The number of piperidine rings is 1. The van der Waals surface area contributed by atoms with Crippen LogP contribution in [0.3, 0.4) is 0 Å². The summed E-state index contributed by atoms with van der Waals surface area (Å²) in [5, 5.41) is 5.19. The number of nitrogens with zero attached hydrogens (tertiary/aromatic N) is 2. The number of thiophene rings is 1. The number of nitrogens with one attached hydrogen (secondary N) is 1. The molecule has 0 atom stereocenters. The minimum Gasteiger partial charge on any atom is -0.466 e. The number of esters is 1. The number of aromatic nitrogens is 1. The molecule has 1 amide bonds. The Bertz CT molecular complexity index is 898.